The highest BCUT2D eigenvalue weighted by Crippen LogP contribution is 2.22. The molecule has 7 nitrogen and oxygen atoms in total. The SMILES string of the molecule is COc1ccccc1NC(=O)NNC(=O)c1cc(C)oc1C. The van der Waals surface area contributed by atoms with Crippen molar-refractivity contribution < 1.29 is 18.7 Å². The molecule has 0 atom stereocenters. The number of amides is 3. The molecular formula is C15H17N3O4. The number of carbonyl (C=O) groups is 2. The minimum atomic E-state index is -0.587. The van der Waals surface area contributed by atoms with Crippen LogP contribution >= 0.6 is 0 Å². The third-order valence-electron chi connectivity index (χ3n) is 2.93. The number of benzene rings is 1. The first kappa shape index (κ1) is 15.4. The number of hydrogen-bond donors (Lipinski definition) is 3. The van der Waals surface area contributed by atoms with E-state index in [0.29, 0.717) is 28.5 Å². The Kier molecular flexibility index (Phi) is 4.67. The molecule has 0 aliphatic heterocycles. The molecule has 1 heterocycles. The molecule has 3 N–H and O–H groups in total. The van der Waals surface area contributed by atoms with E-state index in [9.17, 15) is 9.59 Å². The van der Waals surface area contributed by atoms with Crippen molar-refractivity contribution in [2.45, 2.75) is 13.8 Å². The Morgan fingerprint density at radius 3 is 2.50 bits per heavy atom. The Hall–Kier alpha value is -2.96. The van der Waals surface area contributed by atoms with Crippen molar-refractivity contribution in [1.29, 1.82) is 0 Å². The summed E-state index contributed by atoms with van der Waals surface area (Å²) in [6.45, 7) is 3.42. The Bertz CT molecular complexity index is 694. The highest BCUT2D eigenvalue weighted by Gasteiger charge is 2.14. The lowest BCUT2D eigenvalue weighted by molar-refractivity contribution is 0.0936. The van der Waals surface area contributed by atoms with Crippen LogP contribution in [0.15, 0.2) is 34.7 Å². The number of carbonyl (C=O) groups excluding carboxylic acids is 2. The van der Waals surface area contributed by atoms with Crippen LogP contribution in [0.4, 0.5) is 10.5 Å². The first-order valence-corrected chi connectivity index (χ1v) is 6.58. The summed E-state index contributed by atoms with van der Waals surface area (Å²) in [7, 11) is 1.50. The van der Waals surface area contributed by atoms with Crippen molar-refractivity contribution in [3.63, 3.8) is 0 Å². The van der Waals surface area contributed by atoms with Crippen LogP contribution in [0.3, 0.4) is 0 Å². The van der Waals surface area contributed by atoms with Crippen molar-refractivity contribution in [3.05, 3.63) is 47.4 Å². The van der Waals surface area contributed by atoms with E-state index in [1.165, 1.54) is 7.11 Å². The van der Waals surface area contributed by atoms with Gasteiger partial charge in [-0.2, -0.15) is 0 Å². The number of aryl methyl sites for hydroxylation is 2. The molecule has 2 rings (SSSR count). The van der Waals surface area contributed by atoms with E-state index >= 15 is 0 Å². The first-order valence-electron chi connectivity index (χ1n) is 6.58. The van der Waals surface area contributed by atoms with Gasteiger partial charge in [0.1, 0.15) is 17.3 Å². The Balaban J connectivity index is 1.93. The lowest BCUT2D eigenvalue weighted by Crippen LogP contribution is -2.44. The molecule has 2 aromatic rings. The van der Waals surface area contributed by atoms with Gasteiger partial charge in [-0.15, -0.1) is 0 Å². The molecule has 3 amide bonds. The van der Waals surface area contributed by atoms with E-state index in [2.05, 4.69) is 16.2 Å². The van der Waals surface area contributed by atoms with Gasteiger partial charge in [-0.3, -0.25) is 10.2 Å². The quantitative estimate of drug-likeness (QED) is 0.759. The molecule has 7 heteroatoms. The molecule has 1 aromatic carbocycles. The maximum Gasteiger partial charge on any atom is 0.338 e. The number of para-hydroxylation sites is 2. The lowest BCUT2D eigenvalue weighted by Gasteiger charge is -2.11. The molecule has 0 fully saturated rings. The molecule has 0 unspecified atom stereocenters. The van der Waals surface area contributed by atoms with Crippen LogP contribution in [0.1, 0.15) is 21.9 Å². The van der Waals surface area contributed by atoms with Gasteiger partial charge < -0.3 is 14.5 Å². The number of urea groups is 1. The van der Waals surface area contributed by atoms with Gasteiger partial charge in [-0.05, 0) is 32.0 Å². The Morgan fingerprint density at radius 1 is 1.14 bits per heavy atom. The number of nitrogens with one attached hydrogen (secondary N) is 3. The molecule has 0 aliphatic carbocycles. The van der Waals surface area contributed by atoms with Gasteiger partial charge in [-0.1, -0.05) is 12.1 Å². The summed E-state index contributed by atoms with van der Waals surface area (Å²) in [6, 6.07) is 7.96. The summed E-state index contributed by atoms with van der Waals surface area (Å²) in [6.07, 6.45) is 0. The molecular weight excluding hydrogens is 286 g/mol. The van der Waals surface area contributed by atoms with E-state index in [1.54, 1.807) is 44.2 Å². The van der Waals surface area contributed by atoms with Gasteiger partial charge in [-0.25, -0.2) is 10.2 Å². The van der Waals surface area contributed by atoms with Crippen LogP contribution in [0, 0.1) is 13.8 Å². The van der Waals surface area contributed by atoms with E-state index in [-0.39, 0.29) is 0 Å². The van der Waals surface area contributed by atoms with E-state index in [1.807, 2.05) is 0 Å². The highest BCUT2D eigenvalue weighted by molar-refractivity contribution is 5.98. The topological polar surface area (TPSA) is 92.6 Å². The van der Waals surface area contributed by atoms with Crippen LogP contribution in [0.25, 0.3) is 0 Å². The second kappa shape index (κ2) is 6.66. The van der Waals surface area contributed by atoms with Crippen molar-refractivity contribution >= 4 is 17.6 Å². The monoisotopic (exact) mass is 303 g/mol. The van der Waals surface area contributed by atoms with Gasteiger partial charge in [0.05, 0.1) is 18.4 Å². The van der Waals surface area contributed by atoms with E-state index < -0.39 is 11.9 Å². The average Bonchev–Trinajstić information content (AvgIpc) is 2.84. The molecule has 0 saturated heterocycles. The molecule has 0 bridgehead atoms. The average molecular weight is 303 g/mol. The summed E-state index contributed by atoms with van der Waals surface area (Å²) >= 11 is 0. The molecule has 0 aliphatic rings. The normalized spacial score (nSPS) is 9.95. The summed E-state index contributed by atoms with van der Waals surface area (Å²) in [5.74, 6) is 1.18. The smallest absolute Gasteiger partial charge is 0.338 e. The Morgan fingerprint density at radius 2 is 1.86 bits per heavy atom. The van der Waals surface area contributed by atoms with Crippen LogP contribution in [-0.2, 0) is 0 Å². The standard InChI is InChI=1S/C15H17N3O4/c1-9-8-11(10(2)22-9)14(19)17-18-15(20)16-12-6-4-5-7-13(12)21-3/h4-8H,1-3H3,(H,17,19)(H2,16,18,20). The van der Waals surface area contributed by atoms with Crippen molar-refractivity contribution in [2.75, 3.05) is 12.4 Å². The second-order valence-electron chi connectivity index (χ2n) is 4.56. The second-order valence-corrected chi connectivity index (χ2v) is 4.56. The number of hydrazine groups is 1. The fourth-order valence-corrected chi connectivity index (χ4v) is 1.94. The van der Waals surface area contributed by atoms with Gasteiger partial charge in [0.2, 0.25) is 0 Å². The largest absolute Gasteiger partial charge is 0.495 e. The van der Waals surface area contributed by atoms with Crippen LogP contribution in [0.2, 0.25) is 0 Å². The number of anilines is 1. The molecule has 1 aromatic heterocycles. The summed E-state index contributed by atoms with van der Waals surface area (Å²) < 4.78 is 10.4. The summed E-state index contributed by atoms with van der Waals surface area (Å²) in [5.41, 5.74) is 5.44. The van der Waals surface area contributed by atoms with Crippen molar-refractivity contribution in [3.8, 4) is 5.75 Å². The highest BCUT2D eigenvalue weighted by atomic mass is 16.5. The maximum atomic E-state index is 11.9. The minimum absolute atomic E-state index is 0.370. The molecule has 0 radical (unpaired) electrons. The number of ether oxygens (including phenoxy) is 1. The van der Waals surface area contributed by atoms with Crippen molar-refractivity contribution in [1.82, 2.24) is 10.9 Å². The van der Waals surface area contributed by atoms with Crippen LogP contribution < -0.4 is 20.9 Å². The lowest BCUT2D eigenvalue weighted by atomic mass is 10.2. The predicted octanol–water partition coefficient (Wildman–Crippen LogP) is 2.37. The first-order chi connectivity index (χ1) is 10.5. The van der Waals surface area contributed by atoms with Gasteiger partial charge in [0.15, 0.2) is 0 Å². The zero-order valence-corrected chi connectivity index (χ0v) is 12.5. The third-order valence-corrected chi connectivity index (χ3v) is 2.93. The Labute approximate surface area is 127 Å². The maximum absolute atomic E-state index is 11.9. The molecule has 22 heavy (non-hydrogen) atoms. The zero-order chi connectivity index (χ0) is 16.1. The fourth-order valence-electron chi connectivity index (χ4n) is 1.94. The number of rotatable bonds is 3. The molecule has 0 saturated carbocycles. The number of methoxy groups -OCH3 is 1. The van der Waals surface area contributed by atoms with Gasteiger partial charge in [0.25, 0.3) is 5.91 Å². The van der Waals surface area contributed by atoms with Crippen LogP contribution in [0.5, 0.6) is 5.75 Å². The predicted molar refractivity (Wildman–Crippen MR) is 80.8 cm³/mol. The van der Waals surface area contributed by atoms with Crippen LogP contribution in [-0.4, -0.2) is 19.0 Å². The zero-order valence-electron chi connectivity index (χ0n) is 12.5. The summed E-state index contributed by atoms with van der Waals surface area (Å²) in [5, 5.41) is 2.57. The van der Waals surface area contributed by atoms with Crippen molar-refractivity contribution in [2.24, 2.45) is 0 Å². The fraction of sp³-hybridized carbons (Fsp3) is 0.200. The molecule has 116 valence electrons. The number of furan rings is 1. The van der Waals surface area contributed by atoms with Gasteiger partial charge in [0, 0.05) is 0 Å². The molecule has 0 spiro atoms. The minimum Gasteiger partial charge on any atom is -0.495 e. The van der Waals surface area contributed by atoms with E-state index in [4.69, 9.17) is 9.15 Å². The van der Waals surface area contributed by atoms with Gasteiger partial charge >= 0.3 is 6.03 Å². The summed E-state index contributed by atoms with van der Waals surface area (Å²) in [4.78, 5) is 23.7. The third kappa shape index (κ3) is 3.57. The number of hydrogen-bond acceptors (Lipinski definition) is 4. The van der Waals surface area contributed by atoms with E-state index in [0.717, 1.165) is 0 Å².